The third kappa shape index (κ3) is 6.00. The van der Waals surface area contributed by atoms with Crippen molar-refractivity contribution in [1.29, 1.82) is 0 Å². The number of amides is 4. The second-order valence-corrected chi connectivity index (χ2v) is 9.53. The number of hydroxylamine groups is 2. The molecule has 0 saturated carbocycles. The van der Waals surface area contributed by atoms with E-state index in [0.29, 0.717) is 44.0 Å². The molecule has 0 aliphatic rings. The summed E-state index contributed by atoms with van der Waals surface area (Å²) in [5, 5.41) is 20.6. The molecule has 10 nitrogen and oxygen atoms in total. The summed E-state index contributed by atoms with van der Waals surface area (Å²) in [6.45, 7) is 7.46. The normalized spacial score (nSPS) is 10.5. The summed E-state index contributed by atoms with van der Waals surface area (Å²) in [6.07, 6.45) is 0. The molecule has 41 heavy (non-hydrogen) atoms. The lowest BCUT2D eigenvalue weighted by Gasteiger charge is -2.16. The maximum absolute atomic E-state index is 11.3. The van der Waals surface area contributed by atoms with Crippen LogP contribution >= 0.6 is 0 Å². The topological polar surface area (TPSA) is 158 Å². The van der Waals surface area contributed by atoms with Gasteiger partial charge in [0.2, 0.25) is 0 Å². The number of carbonyl (C=O) groups is 2. The van der Waals surface area contributed by atoms with Gasteiger partial charge in [-0.1, -0.05) is 36.4 Å². The number of aliphatic imine (C=N–C) groups is 2. The maximum atomic E-state index is 11.3. The standard InChI is InChI=1S/C31H30N6O4/c1-18-15-22(11-13-28(18)36(40)30(32)38)24-7-5-9-26(20(24)3)34-17-35-27-10-6-8-25(21(27)4)23-12-14-29(19(2)16-23)37(41)31(33)39/h5-16,40-41H,1-4H3,(H2,32,38)(H2,33,39). The number of aryl methyl sites for hydroxylation is 2. The van der Waals surface area contributed by atoms with Gasteiger partial charge >= 0.3 is 12.1 Å². The molecule has 0 atom stereocenters. The molecule has 0 heterocycles. The molecule has 4 rings (SSSR count). The van der Waals surface area contributed by atoms with E-state index in [0.717, 1.165) is 33.4 Å². The summed E-state index contributed by atoms with van der Waals surface area (Å²) < 4.78 is 0. The molecule has 0 bridgehead atoms. The van der Waals surface area contributed by atoms with Crippen LogP contribution in [0.3, 0.4) is 0 Å². The predicted octanol–water partition coefficient (Wildman–Crippen LogP) is 6.94. The maximum Gasteiger partial charge on any atom is 0.343 e. The second-order valence-electron chi connectivity index (χ2n) is 9.53. The van der Waals surface area contributed by atoms with Crippen LogP contribution in [0.4, 0.5) is 32.3 Å². The Hall–Kier alpha value is -5.28. The highest BCUT2D eigenvalue weighted by atomic mass is 16.5. The monoisotopic (exact) mass is 550 g/mol. The first kappa shape index (κ1) is 28.7. The number of urea groups is 2. The van der Waals surface area contributed by atoms with Crippen LogP contribution in [-0.4, -0.2) is 28.5 Å². The van der Waals surface area contributed by atoms with Crippen molar-refractivity contribution in [3.63, 3.8) is 0 Å². The molecule has 0 fully saturated rings. The molecule has 4 aromatic rings. The van der Waals surface area contributed by atoms with Gasteiger partial charge in [-0.2, -0.15) is 20.1 Å². The smallest absolute Gasteiger partial charge is 0.343 e. The summed E-state index contributed by atoms with van der Waals surface area (Å²) in [6, 6.07) is 22.9. The van der Waals surface area contributed by atoms with Gasteiger partial charge in [-0.15, -0.1) is 0 Å². The second kappa shape index (κ2) is 11.8. The Morgan fingerprint density at radius 1 is 0.659 bits per heavy atom. The minimum Gasteiger partial charge on any atom is -0.349 e. The quantitative estimate of drug-likeness (QED) is 0.116. The lowest BCUT2D eigenvalue weighted by molar-refractivity contribution is 0.212. The third-order valence-corrected chi connectivity index (χ3v) is 6.84. The largest absolute Gasteiger partial charge is 0.349 e. The van der Waals surface area contributed by atoms with E-state index in [4.69, 9.17) is 11.5 Å². The SMILES string of the molecule is Cc1cc(-c2cccc(N=C=Nc3cccc(-c4ccc(N(O)C(N)=O)c(C)c4)c3C)c2C)ccc1N(O)C(N)=O. The van der Waals surface area contributed by atoms with E-state index in [1.807, 2.05) is 62.4 Å². The lowest BCUT2D eigenvalue weighted by Crippen LogP contribution is -2.32. The van der Waals surface area contributed by atoms with Gasteiger partial charge < -0.3 is 11.5 Å². The zero-order chi connectivity index (χ0) is 29.8. The number of carbonyl (C=O) groups excluding carboxylic acids is 2. The summed E-state index contributed by atoms with van der Waals surface area (Å²) in [4.78, 5) is 31.6. The third-order valence-electron chi connectivity index (χ3n) is 6.84. The van der Waals surface area contributed by atoms with E-state index in [9.17, 15) is 20.0 Å². The number of benzene rings is 4. The highest BCUT2D eigenvalue weighted by Crippen LogP contribution is 2.34. The molecule has 6 N–H and O–H groups in total. The molecule has 0 saturated heterocycles. The molecule has 4 amide bonds. The Morgan fingerprint density at radius 3 is 1.39 bits per heavy atom. The lowest BCUT2D eigenvalue weighted by atomic mass is 9.97. The van der Waals surface area contributed by atoms with Crippen LogP contribution in [0.15, 0.2) is 82.8 Å². The van der Waals surface area contributed by atoms with Crippen LogP contribution < -0.4 is 21.6 Å². The Morgan fingerprint density at radius 2 is 1.05 bits per heavy atom. The highest BCUT2D eigenvalue weighted by molar-refractivity contribution is 5.90. The molecule has 208 valence electrons. The molecule has 0 spiro atoms. The molecule has 0 aliphatic heterocycles. The van der Waals surface area contributed by atoms with Crippen molar-refractivity contribution in [2.75, 3.05) is 10.1 Å². The van der Waals surface area contributed by atoms with Crippen molar-refractivity contribution in [1.82, 2.24) is 0 Å². The summed E-state index contributed by atoms with van der Waals surface area (Å²) >= 11 is 0. The first-order valence-electron chi connectivity index (χ1n) is 12.6. The van der Waals surface area contributed by atoms with E-state index in [-0.39, 0.29) is 0 Å². The first-order chi connectivity index (χ1) is 19.5. The molecule has 0 unspecified atom stereocenters. The van der Waals surface area contributed by atoms with Crippen molar-refractivity contribution in [2.24, 2.45) is 21.5 Å². The summed E-state index contributed by atoms with van der Waals surface area (Å²) in [5.41, 5.74) is 19.2. The summed E-state index contributed by atoms with van der Waals surface area (Å²) in [7, 11) is 0. The molecule has 4 aromatic carbocycles. The molecular formula is C31H30N6O4. The van der Waals surface area contributed by atoms with E-state index in [1.54, 1.807) is 38.1 Å². The van der Waals surface area contributed by atoms with Gasteiger partial charge in [-0.25, -0.2) is 9.59 Å². The van der Waals surface area contributed by atoms with Crippen molar-refractivity contribution < 1.29 is 20.0 Å². The predicted molar refractivity (Wildman–Crippen MR) is 160 cm³/mol. The number of hydrogen-bond acceptors (Lipinski definition) is 6. The molecule has 0 aromatic heterocycles. The summed E-state index contributed by atoms with van der Waals surface area (Å²) in [5.74, 6) is 0. The van der Waals surface area contributed by atoms with Crippen LogP contribution in [0.1, 0.15) is 22.3 Å². The minimum absolute atomic E-state index is 0.310. The van der Waals surface area contributed by atoms with Gasteiger partial charge in [0.05, 0.1) is 22.7 Å². The minimum atomic E-state index is -0.959. The van der Waals surface area contributed by atoms with Crippen LogP contribution in [0.25, 0.3) is 22.3 Å². The highest BCUT2D eigenvalue weighted by Gasteiger charge is 2.15. The molecule has 0 radical (unpaired) electrons. The van der Waals surface area contributed by atoms with Crippen molar-refractivity contribution in [2.45, 2.75) is 27.7 Å². The Bertz CT molecular complexity index is 1600. The fourth-order valence-corrected chi connectivity index (χ4v) is 4.61. The fourth-order valence-electron chi connectivity index (χ4n) is 4.61. The van der Waals surface area contributed by atoms with Gasteiger partial charge in [-0.3, -0.25) is 10.4 Å². The van der Waals surface area contributed by atoms with Crippen molar-refractivity contribution in [3.8, 4) is 22.3 Å². The number of hydrogen-bond donors (Lipinski definition) is 4. The average Bonchev–Trinajstić information content (AvgIpc) is 2.94. The van der Waals surface area contributed by atoms with Crippen LogP contribution in [-0.2, 0) is 0 Å². The Balaban J connectivity index is 1.63. The zero-order valence-electron chi connectivity index (χ0n) is 23.1. The van der Waals surface area contributed by atoms with Gasteiger partial charge in [-0.05, 0) is 109 Å². The van der Waals surface area contributed by atoms with Crippen molar-refractivity contribution >= 4 is 40.8 Å². The zero-order valence-corrected chi connectivity index (χ0v) is 23.1. The van der Waals surface area contributed by atoms with Crippen LogP contribution in [0, 0.1) is 27.7 Å². The number of primary amides is 2. The number of nitrogens with two attached hydrogens (primary N) is 2. The first-order valence-corrected chi connectivity index (χ1v) is 12.6. The molecular weight excluding hydrogens is 520 g/mol. The number of rotatable bonds is 6. The molecule has 0 aliphatic carbocycles. The van der Waals surface area contributed by atoms with E-state index in [1.165, 1.54) is 0 Å². The van der Waals surface area contributed by atoms with Gasteiger partial charge in [0, 0.05) is 0 Å². The fraction of sp³-hybridized carbons (Fsp3) is 0.129. The van der Waals surface area contributed by atoms with Gasteiger partial charge in [0.25, 0.3) is 0 Å². The van der Waals surface area contributed by atoms with E-state index in [2.05, 4.69) is 16.0 Å². The Kier molecular flexibility index (Phi) is 8.30. The molecule has 10 heteroatoms. The van der Waals surface area contributed by atoms with Crippen molar-refractivity contribution in [3.05, 3.63) is 95.1 Å². The number of nitrogens with zero attached hydrogens (tertiary/aromatic N) is 4. The van der Waals surface area contributed by atoms with Gasteiger partial charge in [0.15, 0.2) is 0 Å². The van der Waals surface area contributed by atoms with Gasteiger partial charge in [0.1, 0.15) is 6.01 Å². The Labute approximate surface area is 237 Å². The average molecular weight is 551 g/mol. The van der Waals surface area contributed by atoms with Crippen LogP contribution in [0.2, 0.25) is 0 Å². The van der Waals surface area contributed by atoms with E-state index >= 15 is 0 Å². The van der Waals surface area contributed by atoms with E-state index < -0.39 is 12.1 Å². The van der Waals surface area contributed by atoms with Crippen LogP contribution in [0.5, 0.6) is 0 Å². The number of anilines is 2.